The first-order chi connectivity index (χ1) is 14.6. The molecule has 0 aliphatic rings. The summed E-state index contributed by atoms with van der Waals surface area (Å²) in [6, 6.07) is 17.0. The third-order valence-electron chi connectivity index (χ3n) is 5.03. The quantitative estimate of drug-likeness (QED) is 0.283. The van der Waals surface area contributed by atoms with Gasteiger partial charge in [0, 0.05) is 14.1 Å². The number of nitrogens with zero attached hydrogens (tertiary/aromatic N) is 1. The first-order valence-corrected chi connectivity index (χ1v) is 12.6. The Hall–Kier alpha value is -2.38. The van der Waals surface area contributed by atoms with Crippen molar-refractivity contribution in [1.29, 1.82) is 0 Å². The second-order valence-corrected chi connectivity index (χ2v) is 9.80. The maximum Gasteiger partial charge on any atom is 0.333 e. The van der Waals surface area contributed by atoms with Crippen LogP contribution in [0.4, 0.5) is 0 Å². The summed E-state index contributed by atoms with van der Waals surface area (Å²) in [5.41, 5.74) is 5.73. The Labute approximate surface area is 190 Å². The minimum absolute atomic E-state index is 0.166. The number of hydrogen-bond acceptors (Lipinski definition) is 2. The van der Waals surface area contributed by atoms with Crippen molar-refractivity contribution in [2.45, 2.75) is 61.4 Å². The van der Waals surface area contributed by atoms with Crippen molar-refractivity contribution in [2.24, 2.45) is 0 Å². The zero-order valence-corrected chi connectivity index (χ0v) is 21.4. The second kappa shape index (κ2) is 12.5. The van der Waals surface area contributed by atoms with Crippen LogP contribution in [0.2, 0.25) is 0 Å². The molecule has 0 saturated heterocycles. The van der Waals surface area contributed by atoms with Gasteiger partial charge in [-0.2, -0.15) is 0 Å². The lowest BCUT2D eigenvalue weighted by Crippen LogP contribution is -2.29. The second-order valence-electron chi connectivity index (χ2n) is 7.81. The molecule has 2 aromatic rings. The van der Waals surface area contributed by atoms with E-state index in [9.17, 15) is 9.90 Å². The predicted octanol–water partition coefficient (Wildman–Crippen LogP) is 7.15. The van der Waals surface area contributed by atoms with E-state index in [4.69, 9.17) is 0 Å². The Kier molecular flexibility index (Phi) is 10.7. The largest absolute Gasteiger partial charge is 0.478 e. The van der Waals surface area contributed by atoms with Gasteiger partial charge in [-0.3, -0.25) is 0 Å². The lowest BCUT2D eigenvalue weighted by atomic mass is 10.0. The first-order valence-electron chi connectivity index (χ1n) is 10.9. The molecule has 0 radical (unpaired) electrons. The van der Waals surface area contributed by atoms with Crippen molar-refractivity contribution in [3.63, 3.8) is 0 Å². The molecule has 1 N–H and O–H groups in total. The molecule has 0 amide bonds. The summed E-state index contributed by atoms with van der Waals surface area (Å²) >= 11 is 0. The molecule has 2 aromatic carbocycles. The molecule has 4 heteroatoms. The summed E-state index contributed by atoms with van der Waals surface area (Å²) in [6.45, 7) is 18.3. The van der Waals surface area contributed by atoms with Gasteiger partial charge in [0.2, 0.25) is 0 Å². The predicted molar refractivity (Wildman–Crippen MR) is 137 cm³/mol. The van der Waals surface area contributed by atoms with E-state index in [-0.39, 0.29) is 6.04 Å². The fraction of sp³-hybridized carbons (Fsp3) is 0.370. The molecule has 0 aromatic heterocycles. The molecule has 0 aliphatic heterocycles. The van der Waals surface area contributed by atoms with E-state index in [1.165, 1.54) is 16.4 Å². The van der Waals surface area contributed by atoms with Gasteiger partial charge in [-0.1, -0.05) is 73.5 Å². The first kappa shape index (κ1) is 26.7. The van der Waals surface area contributed by atoms with Crippen LogP contribution in [0.15, 0.2) is 65.9 Å². The average Bonchev–Trinajstić information content (AvgIpc) is 2.74. The molecular weight excluding hydrogens is 401 g/mol. The Morgan fingerprint density at radius 1 is 0.935 bits per heavy atom. The topological polar surface area (TPSA) is 40.5 Å². The molecule has 0 spiro atoms. The van der Waals surface area contributed by atoms with Gasteiger partial charge in [0.15, 0.2) is 0 Å². The number of aryl methyl sites for hydroxylation is 2. The van der Waals surface area contributed by atoms with Crippen LogP contribution in [-0.2, 0) is 4.79 Å². The maximum absolute atomic E-state index is 11.9. The van der Waals surface area contributed by atoms with E-state index in [2.05, 4.69) is 87.6 Å². The molecule has 0 bridgehead atoms. The lowest BCUT2D eigenvalue weighted by molar-refractivity contribution is -0.132. The number of carbonyl (C=O) groups is 1. The highest BCUT2D eigenvalue weighted by atomic mass is 31.1. The minimum atomic E-state index is -0.883. The van der Waals surface area contributed by atoms with Crippen molar-refractivity contribution >= 4 is 24.9 Å². The number of hydrogen-bond donors (Lipinski definition) is 1. The summed E-state index contributed by atoms with van der Waals surface area (Å²) < 4.78 is 2.27. The monoisotopic (exact) mass is 439 g/mol. The van der Waals surface area contributed by atoms with E-state index >= 15 is 0 Å². The Morgan fingerprint density at radius 3 is 1.81 bits per heavy atom. The fourth-order valence-corrected chi connectivity index (χ4v) is 5.28. The van der Waals surface area contributed by atoms with Gasteiger partial charge in [-0.15, -0.1) is 0 Å². The molecule has 168 valence electrons. The molecule has 1 unspecified atom stereocenters. The number of carboxylic acid groups (broad SMARTS) is 1. The normalized spacial score (nSPS) is 13.2. The number of rotatable bonds is 7. The molecule has 0 saturated carbocycles. The van der Waals surface area contributed by atoms with Gasteiger partial charge in [0.25, 0.3) is 0 Å². The van der Waals surface area contributed by atoms with Gasteiger partial charge in [0.05, 0.1) is 11.3 Å². The SMILES string of the molecule is C/C(C(=O)O)=C(\C=C(/C)c1ccc(C)cc1)N(C(C)C)P(C)c1ccc(C)cc1.CC. The van der Waals surface area contributed by atoms with Crippen LogP contribution in [0.5, 0.6) is 0 Å². The van der Waals surface area contributed by atoms with Crippen LogP contribution in [0.1, 0.15) is 58.2 Å². The number of allylic oxidation sites excluding steroid dienone is 2. The summed E-state index contributed by atoms with van der Waals surface area (Å²) in [5, 5.41) is 11.0. The van der Waals surface area contributed by atoms with Crippen LogP contribution in [0.3, 0.4) is 0 Å². The van der Waals surface area contributed by atoms with Gasteiger partial charge >= 0.3 is 5.97 Å². The van der Waals surface area contributed by atoms with Crippen molar-refractivity contribution in [1.82, 2.24) is 4.67 Å². The highest BCUT2D eigenvalue weighted by molar-refractivity contribution is 7.62. The Balaban J connectivity index is 0.00000233. The third-order valence-corrected chi connectivity index (χ3v) is 7.40. The molecule has 3 nitrogen and oxygen atoms in total. The van der Waals surface area contributed by atoms with Gasteiger partial charge in [0.1, 0.15) is 0 Å². The molecule has 31 heavy (non-hydrogen) atoms. The summed E-state index contributed by atoms with van der Waals surface area (Å²) in [5.74, 6) is -0.883. The third kappa shape index (κ3) is 7.36. The number of aliphatic carboxylic acids is 1. The Bertz CT molecular complexity index is 909. The van der Waals surface area contributed by atoms with Crippen molar-refractivity contribution in [3.05, 3.63) is 82.6 Å². The smallest absolute Gasteiger partial charge is 0.333 e. The van der Waals surface area contributed by atoms with Crippen molar-refractivity contribution < 1.29 is 9.90 Å². The van der Waals surface area contributed by atoms with E-state index in [0.29, 0.717) is 5.57 Å². The molecular formula is C27H38NO2P. The van der Waals surface area contributed by atoms with Crippen LogP contribution in [0, 0.1) is 13.8 Å². The molecule has 0 fully saturated rings. The van der Waals surface area contributed by atoms with Gasteiger partial charge < -0.3 is 9.78 Å². The van der Waals surface area contributed by atoms with Crippen LogP contribution in [-0.4, -0.2) is 28.5 Å². The van der Waals surface area contributed by atoms with Crippen LogP contribution >= 0.6 is 8.07 Å². The lowest BCUT2D eigenvalue weighted by Gasteiger charge is -2.37. The highest BCUT2D eigenvalue weighted by Gasteiger charge is 2.24. The summed E-state index contributed by atoms with van der Waals surface area (Å²) in [6.07, 6.45) is 2.03. The zero-order valence-electron chi connectivity index (χ0n) is 20.5. The van der Waals surface area contributed by atoms with E-state index in [1.54, 1.807) is 6.92 Å². The fourth-order valence-electron chi connectivity index (χ4n) is 3.23. The molecule has 2 rings (SSSR count). The highest BCUT2D eigenvalue weighted by Crippen LogP contribution is 2.42. The average molecular weight is 440 g/mol. The van der Waals surface area contributed by atoms with E-state index < -0.39 is 14.0 Å². The Morgan fingerprint density at radius 2 is 1.39 bits per heavy atom. The van der Waals surface area contributed by atoms with Gasteiger partial charge in [-0.05, 0) is 70.7 Å². The minimum Gasteiger partial charge on any atom is -0.478 e. The summed E-state index contributed by atoms with van der Waals surface area (Å²) in [7, 11) is -0.725. The molecule has 1 atom stereocenters. The standard InChI is InChI=1S/C25H32NO2P.C2H6/c1-17(2)26(29(7)23-14-10-19(4)11-15-23)24(21(6)25(27)28)16-20(5)22-12-8-18(3)9-13-22;1-2/h8-17H,1-7H3,(H,27,28);1-2H3/b20-16+,24-21-;. The van der Waals surface area contributed by atoms with E-state index in [1.807, 2.05) is 26.8 Å². The van der Waals surface area contributed by atoms with Crippen LogP contribution in [0.25, 0.3) is 5.57 Å². The summed E-state index contributed by atoms with van der Waals surface area (Å²) in [4.78, 5) is 11.9. The van der Waals surface area contributed by atoms with Gasteiger partial charge in [-0.25, -0.2) is 4.79 Å². The maximum atomic E-state index is 11.9. The van der Waals surface area contributed by atoms with Crippen LogP contribution < -0.4 is 5.30 Å². The van der Waals surface area contributed by atoms with E-state index in [0.717, 1.165) is 16.8 Å². The zero-order chi connectivity index (χ0) is 23.7. The van der Waals surface area contributed by atoms with Crippen molar-refractivity contribution in [2.75, 3.05) is 6.66 Å². The number of benzene rings is 2. The number of carboxylic acids is 1. The molecule has 0 aliphatic carbocycles. The molecule has 0 heterocycles. The van der Waals surface area contributed by atoms with Crippen molar-refractivity contribution in [3.8, 4) is 0 Å².